The minimum atomic E-state index is -4.96. The highest BCUT2D eigenvalue weighted by Gasteiger charge is 2.54. The van der Waals surface area contributed by atoms with Crippen molar-refractivity contribution in [2.45, 2.75) is 30.5 Å². The Bertz CT molecular complexity index is 639. The number of alkyl halides is 3. The number of sulfone groups is 1. The number of amides is 1. The van der Waals surface area contributed by atoms with Crippen LogP contribution >= 0.6 is 0 Å². The molecule has 9 heteroatoms. The lowest BCUT2D eigenvalue weighted by Crippen LogP contribution is -2.59. The number of carbonyl (C=O) groups excluding carboxylic acids is 1. The van der Waals surface area contributed by atoms with E-state index in [4.69, 9.17) is 5.73 Å². The molecule has 1 atom stereocenters. The Morgan fingerprint density at radius 2 is 1.81 bits per heavy atom. The molecule has 3 N–H and O–H groups in total. The summed E-state index contributed by atoms with van der Waals surface area (Å²) in [7, 11) is -3.69. The van der Waals surface area contributed by atoms with E-state index in [1.807, 2.05) is 5.32 Å². The molecular formula is C12H15F3N2O3S. The van der Waals surface area contributed by atoms with Crippen molar-refractivity contribution >= 4 is 21.4 Å². The predicted molar refractivity (Wildman–Crippen MR) is 71.4 cm³/mol. The Balaban J connectivity index is 3.20. The van der Waals surface area contributed by atoms with E-state index in [0.717, 1.165) is 0 Å². The smallest absolute Gasteiger partial charge is 0.323 e. The van der Waals surface area contributed by atoms with Crippen LogP contribution in [-0.4, -0.2) is 31.8 Å². The zero-order chi connectivity index (χ0) is 16.5. The normalized spacial score (nSPS) is 15.3. The third-order valence-electron chi connectivity index (χ3n) is 2.91. The Morgan fingerprint density at radius 1 is 1.29 bits per heavy atom. The molecule has 0 spiro atoms. The van der Waals surface area contributed by atoms with E-state index in [2.05, 4.69) is 0 Å². The highest BCUT2D eigenvalue weighted by molar-refractivity contribution is 7.91. The number of benzene rings is 1. The van der Waals surface area contributed by atoms with Crippen molar-refractivity contribution < 1.29 is 26.4 Å². The molecule has 0 saturated carbocycles. The molecule has 0 heterocycles. The second-order valence-corrected chi connectivity index (χ2v) is 6.80. The van der Waals surface area contributed by atoms with Gasteiger partial charge in [0.25, 0.3) is 5.91 Å². The van der Waals surface area contributed by atoms with Gasteiger partial charge in [-0.25, -0.2) is 8.42 Å². The molecule has 1 amide bonds. The van der Waals surface area contributed by atoms with E-state index in [-0.39, 0.29) is 16.3 Å². The fraction of sp³-hybridized carbons (Fsp3) is 0.417. The molecule has 0 aliphatic rings. The van der Waals surface area contributed by atoms with E-state index in [1.165, 1.54) is 31.2 Å². The molecule has 0 bridgehead atoms. The van der Waals surface area contributed by atoms with Crippen LogP contribution in [0.1, 0.15) is 13.8 Å². The fourth-order valence-corrected chi connectivity index (χ4v) is 2.43. The maximum Gasteiger partial charge on any atom is 0.415 e. The number of nitrogens with one attached hydrogen (secondary N) is 1. The Morgan fingerprint density at radius 3 is 2.29 bits per heavy atom. The molecule has 21 heavy (non-hydrogen) atoms. The van der Waals surface area contributed by atoms with Crippen LogP contribution in [-0.2, 0) is 14.6 Å². The largest absolute Gasteiger partial charge is 0.415 e. The van der Waals surface area contributed by atoms with Gasteiger partial charge < -0.3 is 11.1 Å². The first-order chi connectivity index (χ1) is 9.43. The fourth-order valence-electron chi connectivity index (χ4n) is 1.38. The summed E-state index contributed by atoms with van der Waals surface area (Å²) in [6.45, 7) is 1.90. The first-order valence-corrected chi connectivity index (χ1v) is 7.57. The quantitative estimate of drug-likeness (QED) is 0.882. The van der Waals surface area contributed by atoms with Crippen LogP contribution < -0.4 is 11.1 Å². The average Bonchev–Trinajstić information content (AvgIpc) is 2.37. The maximum atomic E-state index is 12.7. The summed E-state index contributed by atoms with van der Waals surface area (Å²) in [5.74, 6) is -1.78. The highest BCUT2D eigenvalue weighted by atomic mass is 32.2. The van der Waals surface area contributed by atoms with Crippen molar-refractivity contribution in [1.82, 2.24) is 0 Å². The van der Waals surface area contributed by atoms with Crippen molar-refractivity contribution in [2.24, 2.45) is 5.73 Å². The monoisotopic (exact) mass is 324 g/mol. The van der Waals surface area contributed by atoms with Crippen molar-refractivity contribution in [3.05, 3.63) is 24.3 Å². The molecule has 0 aromatic heterocycles. The van der Waals surface area contributed by atoms with Crippen molar-refractivity contribution in [3.8, 4) is 0 Å². The number of para-hydroxylation sites is 1. The van der Waals surface area contributed by atoms with Gasteiger partial charge in [0, 0.05) is 0 Å². The van der Waals surface area contributed by atoms with Crippen molar-refractivity contribution in [1.29, 1.82) is 0 Å². The van der Waals surface area contributed by atoms with Gasteiger partial charge in [0.2, 0.25) is 0 Å². The molecule has 1 unspecified atom stereocenters. The van der Waals surface area contributed by atoms with Gasteiger partial charge in [-0.05, 0) is 19.1 Å². The van der Waals surface area contributed by atoms with Gasteiger partial charge in [-0.2, -0.15) is 13.2 Å². The molecule has 0 saturated heterocycles. The summed E-state index contributed by atoms with van der Waals surface area (Å²) in [4.78, 5) is 11.4. The molecule has 118 valence electrons. The van der Waals surface area contributed by atoms with Gasteiger partial charge in [-0.15, -0.1) is 0 Å². The van der Waals surface area contributed by atoms with Crippen molar-refractivity contribution in [2.75, 3.05) is 11.1 Å². The maximum absolute atomic E-state index is 12.7. The summed E-state index contributed by atoms with van der Waals surface area (Å²) < 4.78 is 61.7. The second kappa shape index (κ2) is 5.64. The molecule has 0 radical (unpaired) electrons. The summed E-state index contributed by atoms with van der Waals surface area (Å²) in [5.41, 5.74) is 1.63. The van der Waals surface area contributed by atoms with Crippen LogP contribution in [0.15, 0.2) is 29.2 Å². The zero-order valence-electron chi connectivity index (χ0n) is 11.4. The Labute approximate surface area is 120 Å². The van der Waals surface area contributed by atoms with E-state index in [9.17, 15) is 26.4 Å². The standard InChI is InChI=1S/C12H15F3N2O3S/c1-3-21(19,20)9-7-5-4-6-8(9)17-10(18)11(2,16)12(13,14)15/h4-7H,3,16H2,1-2H3,(H,17,18). The Hall–Kier alpha value is -1.61. The van der Waals surface area contributed by atoms with E-state index < -0.39 is 27.5 Å². The summed E-state index contributed by atoms with van der Waals surface area (Å²) in [6, 6.07) is 5.21. The molecule has 1 rings (SSSR count). The van der Waals surface area contributed by atoms with Gasteiger partial charge in [-0.1, -0.05) is 19.1 Å². The third-order valence-corrected chi connectivity index (χ3v) is 4.70. The van der Waals surface area contributed by atoms with E-state index >= 15 is 0 Å². The van der Waals surface area contributed by atoms with Crippen LogP contribution in [0.4, 0.5) is 18.9 Å². The summed E-state index contributed by atoms with van der Waals surface area (Å²) in [5, 5.41) is 1.93. The topological polar surface area (TPSA) is 89.3 Å². The van der Waals surface area contributed by atoms with Crippen LogP contribution in [0.3, 0.4) is 0 Å². The van der Waals surface area contributed by atoms with Gasteiger partial charge >= 0.3 is 6.18 Å². The molecule has 1 aromatic rings. The minimum absolute atomic E-state index is 0.231. The average molecular weight is 324 g/mol. The van der Waals surface area contributed by atoms with Crippen LogP contribution in [0.25, 0.3) is 0 Å². The number of carbonyl (C=O) groups is 1. The molecule has 0 fully saturated rings. The lowest BCUT2D eigenvalue weighted by molar-refractivity contribution is -0.184. The SMILES string of the molecule is CCS(=O)(=O)c1ccccc1NC(=O)C(C)(N)C(F)(F)F. The second-order valence-electron chi connectivity index (χ2n) is 4.55. The van der Waals surface area contributed by atoms with Crippen LogP contribution in [0.2, 0.25) is 0 Å². The predicted octanol–water partition coefficient (Wildman–Crippen LogP) is 1.70. The summed E-state index contributed by atoms with van der Waals surface area (Å²) >= 11 is 0. The van der Waals surface area contributed by atoms with Crippen molar-refractivity contribution in [3.63, 3.8) is 0 Å². The lowest BCUT2D eigenvalue weighted by Gasteiger charge is -2.26. The first-order valence-electron chi connectivity index (χ1n) is 5.92. The molecule has 0 aliphatic carbocycles. The molecule has 1 aromatic carbocycles. The van der Waals surface area contributed by atoms with E-state index in [0.29, 0.717) is 6.92 Å². The molecule has 0 aliphatic heterocycles. The molecular weight excluding hydrogens is 309 g/mol. The van der Waals surface area contributed by atoms with E-state index in [1.54, 1.807) is 0 Å². The van der Waals surface area contributed by atoms with Gasteiger partial charge in [0.05, 0.1) is 16.3 Å². The van der Waals surface area contributed by atoms with Gasteiger partial charge in [0.1, 0.15) is 0 Å². The molecule has 5 nitrogen and oxygen atoms in total. The number of hydrogen-bond acceptors (Lipinski definition) is 4. The zero-order valence-corrected chi connectivity index (χ0v) is 12.2. The Kier molecular flexibility index (Phi) is 4.69. The summed E-state index contributed by atoms with van der Waals surface area (Å²) in [6.07, 6.45) is -4.96. The van der Waals surface area contributed by atoms with Gasteiger partial charge in [-0.3, -0.25) is 4.79 Å². The third kappa shape index (κ3) is 3.53. The number of nitrogens with two attached hydrogens (primary N) is 1. The van der Waals surface area contributed by atoms with Gasteiger partial charge in [0.15, 0.2) is 15.4 Å². The number of hydrogen-bond donors (Lipinski definition) is 2. The highest BCUT2D eigenvalue weighted by Crippen LogP contribution is 2.30. The number of anilines is 1. The number of rotatable bonds is 4. The minimum Gasteiger partial charge on any atom is -0.323 e. The number of halogens is 3. The van der Waals surface area contributed by atoms with Crippen LogP contribution in [0.5, 0.6) is 0 Å². The first kappa shape index (κ1) is 17.4. The van der Waals surface area contributed by atoms with Crippen LogP contribution in [0, 0.1) is 0 Å². The lowest BCUT2D eigenvalue weighted by atomic mass is 10.0.